The Kier molecular flexibility index (Phi) is 10.8. The van der Waals surface area contributed by atoms with Crippen molar-refractivity contribution in [2.24, 2.45) is 0 Å². The average Bonchev–Trinajstić information content (AvgIpc) is 2.79. The van der Waals surface area contributed by atoms with Crippen LogP contribution in [0.15, 0.2) is 53.1 Å². The van der Waals surface area contributed by atoms with Crippen LogP contribution in [0.2, 0.25) is 0 Å². The number of hydrogen-bond donors (Lipinski definition) is 1. The fourth-order valence-corrected chi connectivity index (χ4v) is 3.06. The van der Waals surface area contributed by atoms with Crippen molar-refractivity contribution in [3.63, 3.8) is 0 Å². The molecule has 0 spiro atoms. The quantitative estimate of drug-likeness (QED) is 0.616. The van der Waals surface area contributed by atoms with Crippen LogP contribution in [0.3, 0.4) is 0 Å². The van der Waals surface area contributed by atoms with Crippen LogP contribution in [0.25, 0.3) is 0 Å². The molecule has 1 atom stereocenters. The van der Waals surface area contributed by atoms with Crippen LogP contribution >= 0.6 is 11.9 Å². The van der Waals surface area contributed by atoms with E-state index in [1.165, 1.54) is 16.7 Å². The smallest absolute Gasteiger partial charge is 0.164 e. The highest BCUT2D eigenvalue weighted by Crippen LogP contribution is 2.30. The molecule has 0 saturated carbocycles. The molecule has 1 aromatic rings. The van der Waals surface area contributed by atoms with Gasteiger partial charge in [0.25, 0.3) is 0 Å². The molecule has 4 nitrogen and oxygen atoms in total. The van der Waals surface area contributed by atoms with Crippen molar-refractivity contribution < 1.29 is 14.2 Å². The molecule has 1 aromatic carbocycles. The molecular formula is C22H33NO3S. The summed E-state index contributed by atoms with van der Waals surface area (Å²) in [5.41, 5.74) is 4.19. The van der Waals surface area contributed by atoms with Gasteiger partial charge in [0.15, 0.2) is 11.5 Å². The molecule has 0 fully saturated rings. The molecule has 1 N–H and O–H groups in total. The van der Waals surface area contributed by atoms with Gasteiger partial charge in [0.1, 0.15) is 12.4 Å². The molecule has 1 aliphatic rings. The molecule has 0 radical (unpaired) electrons. The maximum atomic E-state index is 5.65. The van der Waals surface area contributed by atoms with Crippen LogP contribution in [0.1, 0.15) is 34.1 Å². The first-order valence-electron chi connectivity index (χ1n) is 9.05. The van der Waals surface area contributed by atoms with Gasteiger partial charge in [-0.3, -0.25) is 4.72 Å². The van der Waals surface area contributed by atoms with Crippen LogP contribution in [0.5, 0.6) is 17.2 Å². The molecule has 0 aromatic heterocycles. The number of allylic oxidation sites excluding steroid dienone is 6. The fourth-order valence-electron chi connectivity index (χ4n) is 2.59. The minimum Gasteiger partial charge on any atom is -0.493 e. The van der Waals surface area contributed by atoms with Crippen molar-refractivity contribution in [1.29, 1.82) is 0 Å². The lowest BCUT2D eigenvalue weighted by Gasteiger charge is -2.14. The van der Waals surface area contributed by atoms with Gasteiger partial charge in [0, 0.05) is 12.1 Å². The van der Waals surface area contributed by atoms with E-state index in [4.69, 9.17) is 14.2 Å². The standard InChI is InChI=1S/C12H19NO3S.C10H14/c1-9(13-17-4)8-16-10-5-6-11(14-2)12(7-10)15-3;1-8-4-5-9(2)7-10(3)6-8/h5-7,9,13H,8H2,1-4H3;4,6-7H,5H2,1-3H3. The Morgan fingerprint density at radius 1 is 1.04 bits per heavy atom. The average molecular weight is 392 g/mol. The molecule has 1 aliphatic carbocycles. The summed E-state index contributed by atoms with van der Waals surface area (Å²) < 4.78 is 19.2. The summed E-state index contributed by atoms with van der Waals surface area (Å²) in [6, 6.07) is 5.82. The zero-order chi connectivity index (χ0) is 20.2. The number of methoxy groups -OCH3 is 2. The van der Waals surface area contributed by atoms with E-state index in [1.54, 1.807) is 26.2 Å². The third kappa shape index (κ3) is 9.07. The summed E-state index contributed by atoms with van der Waals surface area (Å²) in [6.45, 7) is 9.14. The largest absolute Gasteiger partial charge is 0.493 e. The molecular weight excluding hydrogens is 358 g/mol. The van der Waals surface area contributed by atoms with Crippen molar-refractivity contribution >= 4 is 11.9 Å². The van der Waals surface area contributed by atoms with E-state index in [0.29, 0.717) is 18.1 Å². The molecule has 150 valence electrons. The summed E-state index contributed by atoms with van der Waals surface area (Å²) in [7, 11) is 3.22. The van der Waals surface area contributed by atoms with Crippen LogP contribution in [-0.2, 0) is 0 Å². The van der Waals surface area contributed by atoms with Crippen LogP contribution < -0.4 is 18.9 Å². The van der Waals surface area contributed by atoms with Crippen molar-refractivity contribution in [3.8, 4) is 17.2 Å². The molecule has 5 heteroatoms. The summed E-state index contributed by atoms with van der Waals surface area (Å²) in [5, 5.41) is 0. The topological polar surface area (TPSA) is 39.7 Å². The highest BCUT2D eigenvalue weighted by Gasteiger charge is 2.06. The summed E-state index contributed by atoms with van der Waals surface area (Å²) >= 11 is 1.58. The first kappa shape index (κ1) is 23.2. The van der Waals surface area contributed by atoms with Crippen LogP contribution in [-0.4, -0.2) is 33.1 Å². The molecule has 0 bridgehead atoms. The Bertz CT molecular complexity index is 680. The second kappa shape index (κ2) is 12.5. The highest BCUT2D eigenvalue weighted by atomic mass is 32.2. The first-order valence-corrected chi connectivity index (χ1v) is 10.3. The van der Waals surface area contributed by atoms with Gasteiger partial charge in [-0.25, -0.2) is 0 Å². The Hall–Kier alpha value is -1.85. The molecule has 2 rings (SSSR count). The summed E-state index contributed by atoms with van der Waals surface area (Å²) in [4.78, 5) is 0. The first-order chi connectivity index (χ1) is 12.9. The summed E-state index contributed by atoms with van der Waals surface area (Å²) in [6.07, 6.45) is 9.83. The van der Waals surface area contributed by atoms with Gasteiger partial charge in [-0.1, -0.05) is 46.9 Å². The minimum atomic E-state index is 0.290. The molecule has 0 heterocycles. The predicted molar refractivity (Wildman–Crippen MR) is 117 cm³/mol. The second-order valence-corrected chi connectivity index (χ2v) is 7.23. The molecule has 1 unspecified atom stereocenters. The lowest BCUT2D eigenvalue weighted by Crippen LogP contribution is -2.26. The Morgan fingerprint density at radius 2 is 1.74 bits per heavy atom. The van der Waals surface area contributed by atoms with E-state index in [1.807, 2.05) is 24.5 Å². The Labute approximate surface area is 168 Å². The number of hydrogen-bond acceptors (Lipinski definition) is 5. The van der Waals surface area contributed by atoms with E-state index in [0.717, 1.165) is 12.2 Å². The number of nitrogens with one attached hydrogen (secondary N) is 1. The van der Waals surface area contributed by atoms with Gasteiger partial charge in [0.05, 0.1) is 14.2 Å². The van der Waals surface area contributed by atoms with E-state index >= 15 is 0 Å². The molecule has 0 amide bonds. The van der Waals surface area contributed by atoms with Crippen LogP contribution in [0.4, 0.5) is 0 Å². The lowest BCUT2D eigenvalue weighted by molar-refractivity contribution is 0.286. The minimum absolute atomic E-state index is 0.290. The van der Waals surface area contributed by atoms with Crippen molar-refractivity contribution in [2.45, 2.75) is 40.2 Å². The van der Waals surface area contributed by atoms with Gasteiger partial charge in [0.2, 0.25) is 0 Å². The third-order valence-corrected chi connectivity index (χ3v) is 4.49. The van der Waals surface area contributed by atoms with Crippen LogP contribution in [0, 0.1) is 0 Å². The second-order valence-electron chi connectivity index (χ2n) is 6.58. The Morgan fingerprint density at radius 3 is 2.37 bits per heavy atom. The van der Waals surface area contributed by atoms with E-state index in [-0.39, 0.29) is 6.04 Å². The molecule has 0 saturated heterocycles. The van der Waals surface area contributed by atoms with Gasteiger partial charge in [-0.05, 0) is 52.5 Å². The molecule has 0 aliphatic heterocycles. The van der Waals surface area contributed by atoms with Crippen molar-refractivity contribution in [2.75, 3.05) is 27.1 Å². The zero-order valence-corrected chi connectivity index (χ0v) is 18.4. The maximum Gasteiger partial charge on any atom is 0.164 e. The lowest BCUT2D eigenvalue weighted by atomic mass is 10.2. The highest BCUT2D eigenvalue weighted by molar-refractivity contribution is 7.96. The zero-order valence-electron chi connectivity index (χ0n) is 17.6. The maximum absolute atomic E-state index is 5.65. The van der Waals surface area contributed by atoms with E-state index < -0.39 is 0 Å². The van der Waals surface area contributed by atoms with Gasteiger partial charge >= 0.3 is 0 Å². The van der Waals surface area contributed by atoms with Crippen molar-refractivity contribution in [1.82, 2.24) is 4.72 Å². The normalized spacial score (nSPS) is 14.6. The number of benzene rings is 1. The number of rotatable bonds is 7. The number of ether oxygens (including phenoxy) is 3. The van der Waals surface area contributed by atoms with Gasteiger partial charge in [-0.15, -0.1) is 0 Å². The third-order valence-electron chi connectivity index (χ3n) is 3.85. The van der Waals surface area contributed by atoms with Gasteiger partial charge < -0.3 is 14.2 Å². The van der Waals surface area contributed by atoms with Crippen molar-refractivity contribution in [3.05, 3.63) is 53.1 Å². The van der Waals surface area contributed by atoms with E-state index in [2.05, 4.69) is 50.6 Å². The van der Waals surface area contributed by atoms with E-state index in [9.17, 15) is 0 Å². The fraction of sp³-hybridized carbons (Fsp3) is 0.455. The predicted octanol–water partition coefficient (Wildman–Crippen LogP) is 5.57. The Balaban J connectivity index is 0.000000309. The SMILES string of the molecule is CC1=CCC(C)=CC(C)=C1.COc1ccc(OCC(C)NSC)cc1OC. The van der Waals surface area contributed by atoms with Gasteiger partial charge in [-0.2, -0.15) is 0 Å². The summed E-state index contributed by atoms with van der Waals surface area (Å²) in [5.74, 6) is 2.16. The monoisotopic (exact) mass is 391 g/mol. The molecule has 27 heavy (non-hydrogen) atoms.